The van der Waals surface area contributed by atoms with Gasteiger partial charge in [-0.1, -0.05) is 25.5 Å². The van der Waals surface area contributed by atoms with Crippen molar-refractivity contribution in [1.29, 1.82) is 0 Å². The van der Waals surface area contributed by atoms with Crippen molar-refractivity contribution in [2.24, 2.45) is 0 Å². The second kappa shape index (κ2) is 11.2. The molecule has 33 heavy (non-hydrogen) atoms. The minimum absolute atomic E-state index is 0.0107. The molecule has 9 nitrogen and oxygen atoms in total. The molecule has 1 heterocycles. The van der Waals surface area contributed by atoms with Crippen LogP contribution in [0.3, 0.4) is 0 Å². The van der Waals surface area contributed by atoms with Crippen LogP contribution in [-0.2, 0) is 19.4 Å². The van der Waals surface area contributed by atoms with E-state index in [1.165, 1.54) is 6.92 Å². The number of carbonyl (C=O) groups excluding carboxylic acids is 1. The number of aromatic hydroxyl groups is 1. The fourth-order valence-corrected chi connectivity index (χ4v) is 3.55. The lowest BCUT2D eigenvalue weighted by atomic mass is 10.0. The normalized spacial score (nSPS) is 10.8. The molecule has 0 bridgehead atoms. The van der Waals surface area contributed by atoms with Gasteiger partial charge < -0.3 is 14.9 Å². The second-order valence-electron chi connectivity index (χ2n) is 7.80. The first-order chi connectivity index (χ1) is 15.9. The molecule has 0 atom stereocenters. The second-order valence-corrected chi connectivity index (χ2v) is 7.80. The first kappa shape index (κ1) is 23.9. The standard InChI is InChI=1S/C24H28N4O5/c1-3-6-20-21(12-11-19(16(2)29)23(20)30)33-14-5-4-13-28-22(25-26-27-28)15-17-7-9-18(10-8-17)24(31)32/h7-12,30H,3-6,13-15H2,1-2H3,(H,31,32). The number of carboxylic acid groups (broad SMARTS) is 1. The van der Waals surface area contributed by atoms with Gasteiger partial charge in [-0.2, -0.15) is 0 Å². The Labute approximate surface area is 192 Å². The molecule has 2 aromatic carbocycles. The van der Waals surface area contributed by atoms with Crippen molar-refractivity contribution in [3.05, 3.63) is 64.5 Å². The summed E-state index contributed by atoms with van der Waals surface area (Å²) >= 11 is 0. The molecule has 0 saturated carbocycles. The molecule has 1 aromatic heterocycles. The Balaban J connectivity index is 1.52. The van der Waals surface area contributed by atoms with Gasteiger partial charge in [-0.25, -0.2) is 9.48 Å². The van der Waals surface area contributed by atoms with Gasteiger partial charge in [0.05, 0.1) is 17.7 Å². The Morgan fingerprint density at radius 2 is 1.85 bits per heavy atom. The summed E-state index contributed by atoms with van der Waals surface area (Å²) in [4.78, 5) is 22.7. The van der Waals surface area contributed by atoms with Crippen LogP contribution in [0.15, 0.2) is 36.4 Å². The zero-order valence-corrected chi connectivity index (χ0v) is 18.8. The van der Waals surface area contributed by atoms with Crippen LogP contribution in [0.4, 0.5) is 0 Å². The van der Waals surface area contributed by atoms with Crippen LogP contribution < -0.4 is 4.74 Å². The molecule has 3 aromatic rings. The van der Waals surface area contributed by atoms with Crippen LogP contribution in [0.1, 0.15) is 70.8 Å². The number of unbranched alkanes of at least 4 members (excludes halogenated alkanes) is 1. The lowest BCUT2D eigenvalue weighted by Gasteiger charge is -2.14. The van der Waals surface area contributed by atoms with Gasteiger partial charge in [-0.15, -0.1) is 5.10 Å². The topological polar surface area (TPSA) is 127 Å². The maximum absolute atomic E-state index is 11.7. The molecule has 0 aliphatic rings. The summed E-state index contributed by atoms with van der Waals surface area (Å²) in [6.07, 6.45) is 3.51. The number of carboxylic acids is 1. The van der Waals surface area contributed by atoms with E-state index < -0.39 is 5.97 Å². The van der Waals surface area contributed by atoms with Crippen molar-refractivity contribution < 1.29 is 24.5 Å². The van der Waals surface area contributed by atoms with Crippen molar-refractivity contribution in [1.82, 2.24) is 20.2 Å². The summed E-state index contributed by atoms with van der Waals surface area (Å²) in [5.74, 6) is 0.185. The molecule has 0 radical (unpaired) electrons. The smallest absolute Gasteiger partial charge is 0.335 e. The Kier molecular flexibility index (Phi) is 8.12. The van der Waals surface area contributed by atoms with Crippen LogP contribution in [0, 0.1) is 0 Å². The molecular formula is C24H28N4O5. The first-order valence-electron chi connectivity index (χ1n) is 11.0. The predicted octanol–water partition coefficient (Wildman–Crippen LogP) is 3.68. The van der Waals surface area contributed by atoms with Crippen LogP contribution in [0.5, 0.6) is 11.5 Å². The number of carbonyl (C=O) groups is 2. The van der Waals surface area contributed by atoms with Crippen molar-refractivity contribution in [2.45, 2.75) is 52.5 Å². The number of nitrogens with zero attached hydrogens (tertiary/aromatic N) is 4. The summed E-state index contributed by atoms with van der Waals surface area (Å²) in [5, 5.41) is 31.3. The molecular weight excluding hydrogens is 424 g/mol. The number of aryl methyl sites for hydroxylation is 1. The summed E-state index contributed by atoms with van der Waals surface area (Å²) in [6.45, 7) is 4.52. The lowest BCUT2D eigenvalue weighted by Crippen LogP contribution is -2.09. The third kappa shape index (κ3) is 6.15. The van der Waals surface area contributed by atoms with E-state index in [0.29, 0.717) is 48.7 Å². The van der Waals surface area contributed by atoms with Crippen LogP contribution >= 0.6 is 0 Å². The molecule has 0 amide bonds. The fourth-order valence-electron chi connectivity index (χ4n) is 3.55. The monoisotopic (exact) mass is 452 g/mol. The maximum Gasteiger partial charge on any atom is 0.335 e. The fraction of sp³-hybridized carbons (Fsp3) is 0.375. The number of hydrogen-bond acceptors (Lipinski definition) is 7. The van der Waals surface area contributed by atoms with Gasteiger partial charge in [0, 0.05) is 18.5 Å². The van der Waals surface area contributed by atoms with Gasteiger partial charge in [0.15, 0.2) is 11.6 Å². The number of tetrazole rings is 1. The SMILES string of the molecule is CCCc1c(OCCCCn2nnnc2Cc2ccc(C(=O)O)cc2)ccc(C(C)=O)c1O. The number of Topliss-reactive ketones (excluding diaryl/α,β-unsaturated/α-hetero) is 1. The van der Waals surface area contributed by atoms with Gasteiger partial charge in [0.25, 0.3) is 0 Å². The highest BCUT2D eigenvalue weighted by molar-refractivity contribution is 5.97. The average molecular weight is 453 g/mol. The van der Waals surface area contributed by atoms with Crippen molar-refractivity contribution in [2.75, 3.05) is 6.61 Å². The Morgan fingerprint density at radius 1 is 1.09 bits per heavy atom. The summed E-state index contributed by atoms with van der Waals surface area (Å²) in [5.41, 5.74) is 2.15. The maximum atomic E-state index is 11.7. The van der Waals surface area contributed by atoms with Crippen LogP contribution in [0.25, 0.3) is 0 Å². The quantitative estimate of drug-likeness (QED) is 0.315. The Morgan fingerprint density at radius 3 is 2.52 bits per heavy atom. The van der Waals surface area contributed by atoms with Crippen molar-refractivity contribution in [3.63, 3.8) is 0 Å². The van der Waals surface area contributed by atoms with Gasteiger partial charge in [-0.05, 0) is 66.4 Å². The predicted molar refractivity (Wildman–Crippen MR) is 121 cm³/mol. The van der Waals surface area contributed by atoms with E-state index in [9.17, 15) is 14.7 Å². The number of rotatable bonds is 12. The minimum Gasteiger partial charge on any atom is -0.507 e. The van der Waals surface area contributed by atoms with E-state index in [4.69, 9.17) is 9.84 Å². The highest BCUT2D eigenvalue weighted by atomic mass is 16.5. The number of benzene rings is 2. The van der Waals surface area contributed by atoms with E-state index in [-0.39, 0.29) is 17.1 Å². The summed E-state index contributed by atoms with van der Waals surface area (Å²) in [7, 11) is 0. The first-order valence-corrected chi connectivity index (χ1v) is 11.0. The van der Waals surface area contributed by atoms with Gasteiger partial charge in [-0.3, -0.25) is 4.79 Å². The van der Waals surface area contributed by atoms with Gasteiger partial charge in [0.2, 0.25) is 0 Å². The molecule has 0 aliphatic carbocycles. The Bertz CT molecular complexity index is 1110. The third-order valence-corrected chi connectivity index (χ3v) is 5.31. The van der Waals surface area contributed by atoms with Gasteiger partial charge >= 0.3 is 5.97 Å². The van der Waals surface area contributed by atoms with E-state index in [1.807, 2.05) is 6.92 Å². The van der Waals surface area contributed by atoms with Crippen molar-refractivity contribution in [3.8, 4) is 11.5 Å². The molecule has 2 N–H and O–H groups in total. The van der Waals surface area contributed by atoms with E-state index in [2.05, 4.69) is 15.5 Å². The zero-order chi connectivity index (χ0) is 23.8. The number of ether oxygens (including phenoxy) is 1. The molecule has 0 aliphatic heterocycles. The number of hydrogen-bond donors (Lipinski definition) is 2. The van der Waals surface area contributed by atoms with E-state index >= 15 is 0 Å². The number of phenols is 1. The molecule has 0 fully saturated rings. The summed E-state index contributed by atoms with van der Waals surface area (Å²) in [6, 6.07) is 10.0. The molecule has 0 spiro atoms. The van der Waals surface area contributed by atoms with Gasteiger partial charge in [0.1, 0.15) is 11.5 Å². The van der Waals surface area contributed by atoms with Crippen LogP contribution in [0.2, 0.25) is 0 Å². The minimum atomic E-state index is -0.958. The highest BCUT2D eigenvalue weighted by Gasteiger charge is 2.16. The molecule has 3 rings (SSSR count). The molecule has 174 valence electrons. The van der Waals surface area contributed by atoms with E-state index in [0.717, 1.165) is 24.8 Å². The zero-order valence-electron chi connectivity index (χ0n) is 18.8. The highest BCUT2D eigenvalue weighted by Crippen LogP contribution is 2.33. The number of aromatic nitrogens is 4. The number of phenolic OH excluding ortho intramolecular Hbond substituents is 1. The van der Waals surface area contributed by atoms with Crippen LogP contribution in [-0.4, -0.2) is 48.8 Å². The molecule has 0 unspecified atom stereocenters. The number of ketones is 1. The van der Waals surface area contributed by atoms with Crippen molar-refractivity contribution >= 4 is 11.8 Å². The average Bonchev–Trinajstić information content (AvgIpc) is 3.22. The summed E-state index contributed by atoms with van der Waals surface area (Å²) < 4.78 is 7.64. The molecule has 9 heteroatoms. The molecule has 0 saturated heterocycles. The largest absolute Gasteiger partial charge is 0.507 e. The third-order valence-electron chi connectivity index (χ3n) is 5.31. The lowest BCUT2D eigenvalue weighted by molar-refractivity contribution is 0.0696. The number of aromatic carboxylic acids is 1. The van der Waals surface area contributed by atoms with E-state index in [1.54, 1.807) is 41.1 Å². The Hall–Kier alpha value is -3.75.